The Balaban J connectivity index is 2.66. The lowest BCUT2D eigenvalue weighted by Gasteiger charge is -2.23. The summed E-state index contributed by atoms with van der Waals surface area (Å²) < 4.78 is 0. The molecule has 0 bridgehead atoms. The first-order valence-corrected chi connectivity index (χ1v) is 7.55. The number of carbonyl (C=O) groups is 1. The Hall–Kier alpha value is -1.35. The third kappa shape index (κ3) is 5.33. The monoisotopic (exact) mass is 276 g/mol. The van der Waals surface area contributed by atoms with Gasteiger partial charge in [-0.1, -0.05) is 45.0 Å². The molecule has 0 unspecified atom stereocenters. The molecule has 0 radical (unpaired) electrons. The van der Waals surface area contributed by atoms with Gasteiger partial charge in [-0.25, -0.2) is 0 Å². The van der Waals surface area contributed by atoms with E-state index in [0.29, 0.717) is 12.5 Å². The van der Waals surface area contributed by atoms with Crippen LogP contribution in [-0.2, 0) is 11.2 Å². The number of aryl methyl sites for hydroxylation is 1. The maximum atomic E-state index is 11.7. The molecule has 1 amide bonds. The zero-order chi connectivity index (χ0) is 15.1. The molecule has 1 aromatic carbocycles. The largest absolute Gasteiger partial charge is 0.353 e. The SMILES string of the molecule is CCc1ccc([C@H](NCC(=O)NC(C)C)C(C)C)cc1. The van der Waals surface area contributed by atoms with Crippen molar-refractivity contribution in [3.8, 4) is 0 Å². The van der Waals surface area contributed by atoms with Crippen molar-refractivity contribution in [1.29, 1.82) is 0 Å². The fourth-order valence-electron chi connectivity index (χ4n) is 2.27. The molecule has 20 heavy (non-hydrogen) atoms. The van der Waals surface area contributed by atoms with Crippen molar-refractivity contribution >= 4 is 5.91 Å². The lowest BCUT2D eigenvalue weighted by Crippen LogP contribution is -2.40. The van der Waals surface area contributed by atoms with Crippen molar-refractivity contribution in [3.05, 3.63) is 35.4 Å². The normalized spacial score (nSPS) is 12.8. The van der Waals surface area contributed by atoms with Crippen molar-refractivity contribution in [2.24, 2.45) is 5.92 Å². The number of rotatable bonds is 7. The van der Waals surface area contributed by atoms with Crippen molar-refractivity contribution in [3.63, 3.8) is 0 Å². The van der Waals surface area contributed by atoms with E-state index in [4.69, 9.17) is 0 Å². The maximum absolute atomic E-state index is 11.7. The minimum Gasteiger partial charge on any atom is -0.353 e. The Morgan fingerprint density at radius 2 is 1.70 bits per heavy atom. The van der Waals surface area contributed by atoms with Gasteiger partial charge < -0.3 is 10.6 Å². The topological polar surface area (TPSA) is 41.1 Å². The van der Waals surface area contributed by atoms with E-state index < -0.39 is 0 Å². The van der Waals surface area contributed by atoms with Crippen molar-refractivity contribution in [1.82, 2.24) is 10.6 Å². The molecule has 0 aliphatic carbocycles. The number of nitrogens with one attached hydrogen (secondary N) is 2. The summed E-state index contributed by atoms with van der Waals surface area (Å²) in [7, 11) is 0. The minimum absolute atomic E-state index is 0.0517. The maximum Gasteiger partial charge on any atom is 0.234 e. The smallest absolute Gasteiger partial charge is 0.234 e. The summed E-state index contributed by atoms with van der Waals surface area (Å²) in [4.78, 5) is 11.7. The van der Waals surface area contributed by atoms with Crippen LogP contribution in [0.15, 0.2) is 24.3 Å². The molecule has 0 heterocycles. The van der Waals surface area contributed by atoms with Gasteiger partial charge in [-0.3, -0.25) is 4.79 Å². The van der Waals surface area contributed by atoms with Gasteiger partial charge in [-0.15, -0.1) is 0 Å². The Labute approximate surface area is 123 Å². The summed E-state index contributed by atoms with van der Waals surface area (Å²) in [6, 6.07) is 9.05. The van der Waals surface area contributed by atoms with Gasteiger partial charge in [0.1, 0.15) is 0 Å². The summed E-state index contributed by atoms with van der Waals surface area (Å²) >= 11 is 0. The molecule has 2 N–H and O–H groups in total. The summed E-state index contributed by atoms with van der Waals surface area (Å²) in [5.74, 6) is 0.491. The number of amides is 1. The van der Waals surface area contributed by atoms with Crippen LogP contribution in [0.1, 0.15) is 51.8 Å². The molecule has 0 aliphatic heterocycles. The van der Waals surface area contributed by atoms with Crippen molar-refractivity contribution in [2.75, 3.05) is 6.54 Å². The highest BCUT2D eigenvalue weighted by Gasteiger charge is 2.16. The molecule has 0 spiro atoms. The van der Waals surface area contributed by atoms with Crippen LogP contribution in [0.3, 0.4) is 0 Å². The first-order chi connectivity index (χ1) is 9.43. The fraction of sp³-hybridized carbons (Fsp3) is 0.588. The highest BCUT2D eigenvalue weighted by Crippen LogP contribution is 2.21. The summed E-state index contributed by atoms with van der Waals surface area (Å²) in [5.41, 5.74) is 2.59. The van der Waals surface area contributed by atoms with Gasteiger partial charge in [0.2, 0.25) is 5.91 Å². The number of hydrogen-bond acceptors (Lipinski definition) is 2. The molecule has 112 valence electrons. The summed E-state index contributed by atoms with van der Waals surface area (Å²) in [6.07, 6.45) is 1.05. The van der Waals surface area contributed by atoms with Crippen LogP contribution in [-0.4, -0.2) is 18.5 Å². The molecular weight excluding hydrogens is 248 g/mol. The van der Waals surface area contributed by atoms with Crippen molar-refractivity contribution < 1.29 is 4.79 Å². The molecule has 1 aromatic rings. The average Bonchev–Trinajstić information content (AvgIpc) is 2.38. The highest BCUT2D eigenvalue weighted by atomic mass is 16.1. The Morgan fingerprint density at radius 1 is 1.10 bits per heavy atom. The van der Waals surface area contributed by atoms with Gasteiger partial charge in [0.05, 0.1) is 6.54 Å². The van der Waals surface area contributed by atoms with Crippen LogP contribution in [0.4, 0.5) is 0 Å². The predicted molar refractivity (Wildman–Crippen MR) is 84.7 cm³/mol. The minimum atomic E-state index is 0.0517. The lowest BCUT2D eigenvalue weighted by molar-refractivity contribution is -0.120. The van der Waals surface area contributed by atoms with E-state index >= 15 is 0 Å². The van der Waals surface area contributed by atoms with Crippen LogP contribution < -0.4 is 10.6 Å². The standard InChI is InChI=1S/C17H28N2O/c1-6-14-7-9-15(10-8-14)17(12(2)3)18-11-16(20)19-13(4)5/h7-10,12-13,17-18H,6,11H2,1-5H3,(H,19,20)/t17-/m1/s1. The lowest BCUT2D eigenvalue weighted by atomic mass is 9.95. The second-order valence-electron chi connectivity index (χ2n) is 5.92. The van der Waals surface area contributed by atoms with E-state index in [0.717, 1.165) is 6.42 Å². The molecule has 0 aliphatic rings. The molecule has 3 nitrogen and oxygen atoms in total. The van der Waals surface area contributed by atoms with E-state index in [1.54, 1.807) is 0 Å². The quantitative estimate of drug-likeness (QED) is 0.803. The van der Waals surface area contributed by atoms with Crippen LogP contribution in [0, 0.1) is 5.92 Å². The van der Waals surface area contributed by atoms with Crippen LogP contribution >= 0.6 is 0 Å². The first-order valence-electron chi connectivity index (χ1n) is 7.55. The van der Waals surface area contributed by atoms with Crippen LogP contribution in [0.25, 0.3) is 0 Å². The zero-order valence-electron chi connectivity index (χ0n) is 13.4. The second kappa shape index (κ2) is 8.05. The molecule has 3 heteroatoms. The molecule has 0 saturated carbocycles. The third-order valence-electron chi connectivity index (χ3n) is 3.35. The number of carbonyl (C=O) groups excluding carboxylic acids is 1. The van der Waals surface area contributed by atoms with Gasteiger partial charge in [0.25, 0.3) is 0 Å². The van der Waals surface area contributed by atoms with Crippen LogP contribution in [0.5, 0.6) is 0 Å². The Kier molecular flexibility index (Phi) is 6.73. The zero-order valence-corrected chi connectivity index (χ0v) is 13.4. The Morgan fingerprint density at radius 3 is 2.15 bits per heavy atom. The van der Waals surface area contributed by atoms with Gasteiger partial charge in [0.15, 0.2) is 0 Å². The van der Waals surface area contributed by atoms with Crippen molar-refractivity contribution in [2.45, 2.75) is 53.1 Å². The molecule has 0 fully saturated rings. The van der Waals surface area contributed by atoms with E-state index in [1.165, 1.54) is 11.1 Å². The first kappa shape index (κ1) is 16.7. The second-order valence-corrected chi connectivity index (χ2v) is 5.92. The summed E-state index contributed by atoms with van der Waals surface area (Å²) in [5, 5.41) is 6.27. The van der Waals surface area contributed by atoms with Gasteiger partial charge in [-0.2, -0.15) is 0 Å². The van der Waals surface area contributed by atoms with E-state index in [1.807, 2.05) is 13.8 Å². The molecule has 1 atom stereocenters. The Bertz CT molecular complexity index is 410. The average molecular weight is 276 g/mol. The van der Waals surface area contributed by atoms with E-state index in [9.17, 15) is 4.79 Å². The van der Waals surface area contributed by atoms with Gasteiger partial charge in [-0.05, 0) is 37.3 Å². The number of benzene rings is 1. The number of hydrogen-bond donors (Lipinski definition) is 2. The summed E-state index contributed by atoms with van der Waals surface area (Å²) in [6.45, 7) is 10.8. The molecule has 1 rings (SSSR count). The van der Waals surface area contributed by atoms with E-state index in [-0.39, 0.29) is 18.0 Å². The molecule has 0 aromatic heterocycles. The third-order valence-corrected chi connectivity index (χ3v) is 3.35. The fourth-order valence-corrected chi connectivity index (χ4v) is 2.27. The molecule has 0 saturated heterocycles. The van der Waals surface area contributed by atoms with E-state index in [2.05, 4.69) is 55.7 Å². The van der Waals surface area contributed by atoms with Gasteiger partial charge >= 0.3 is 0 Å². The molecular formula is C17H28N2O. The highest BCUT2D eigenvalue weighted by molar-refractivity contribution is 5.78. The van der Waals surface area contributed by atoms with Gasteiger partial charge in [0, 0.05) is 12.1 Å². The predicted octanol–water partition coefficient (Wildman–Crippen LogP) is 3.06. The van der Waals surface area contributed by atoms with Crippen LogP contribution in [0.2, 0.25) is 0 Å².